The maximum atomic E-state index is 11.5. The van der Waals surface area contributed by atoms with E-state index < -0.39 is 27.5 Å². The van der Waals surface area contributed by atoms with Gasteiger partial charge in [-0.15, -0.1) is 0 Å². The highest BCUT2D eigenvalue weighted by molar-refractivity contribution is 7.91. The van der Waals surface area contributed by atoms with E-state index in [9.17, 15) is 18.0 Å². The largest absolute Gasteiger partial charge is 0.495 e. The highest BCUT2D eigenvalue weighted by atomic mass is 32.2. The van der Waals surface area contributed by atoms with Gasteiger partial charge < -0.3 is 15.2 Å². The van der Waals surface area contributed by atoms with Crippen LogP contribution in [-0.2, 0) is 14.6 Å². The van der Waals surface area contributed by atoms with Crippen molar-refractivity contribution in [1.29, 1.82) is 0 Å². The van der Waals surface area contributed by atoms with Crippen LogP contribution in [0.2, 0.25) is 0 Å². The van der Waals surface area contributed by atoms with E-state index in [2.05, 4.69) is 5.32 Å². The Morgan fingerprint density at radius 3 is 2.47 bits per heavy atom. The topological polar surface area (TPSA) is 110 Å². The molecule has 0 bridgehead atoms. The highest BCUT2D eigenvalue weighted by Crippen LogP contribution is 2.25. The lowest BCUT2D eigenvalue weighted by molar-refractivity contribution is -0.113. The summed E-state index contributed by atoms with van der Waals surface area (Å²) in [6.45, 7) is 0. The van der Waals surface area contributed by atoms with Crippen molar-refractivity contribution in [2.75, 3.05) is 24.4 Å². The van der Waals surface area contributed by atoms with Crippen LogP contribution in [0.3, 0.4) is 0 Å². The fourth-order valence-corrected chi connectivity index (χ4v) is 1.91. The number of hydrogen-bond acceptors (Lipinski definition) is 5. The van der Waals surface area contributed by atoms with Gasteiger partial charge in [-0.25, -0.2) is 13.2 Å². The van der Waals surface area contributed by atoms with Gasteiger partial charge in [-0.1, -0.05) is 0 Å². The summed E-state index contributed by atoms with van der Waals surface area (Å²) in [5.41, 5.74) is 0.0616. The predicted molar refractivity (Wildman–Crippen MR) is 68.3 cm³/mol. The van der Waals surface area contributed by atoms with Crippen molar-refractivity contribution >= 4 is 27.4 Å². The maximum absolute atomic E-state index is 11.5. The third-order valence-electron chi connectivity index (χ3n) is 2.11. The number of carboxylic acids is 1. The molecule has 1 aromatic rings. The molecule has 1 rings (SSSR count). The average molecular weight is 287 g/mol. The number of hydrogen-bond donors (Lipinski definition) is 2. The summed E-state index contributed by atoms with van der Waals surface area (Å²) >= 11 is 0. The number of sulfone groups is 1. The minimum absolute atomic E-state index is 0.0459. The summed E-state index contributed by atoms with van der Waals surface area (Å²) < 4.78 is 26.9. The van der Waals surface area contributed by atoms with Gasteiger partial charge in [0.2, 0.25) is 5.91 Å². The average Bonchev–Trinajstić information content (AvgIpc) is 2.26. The van der Waals surface area contributed by atoms with E-state index in [1.165, 1.54) is 25.3 Å². The molecule has 0 fully saturated rings. The van der Waals surface area contributed by atoms with Gasteiger partial charge in [0.25, 0.3) is 0 Å². The first-order valence-electron chi connectivity index (χ1n) is 5.12. The van der Waals surface area contributed by atoms with Gasteiger partial charge >= 0.3 is 5.97 Å². The quantitative estimate of drug-likeness (QED) is 0.810. The standard InChI is InChI=1S/C11H13NO6S/c1-18-9-4-3-7(11(14)15)5-8(9)12-10(13)6-19(2,16)17/h3-5H,6H2,1-2H3,(H,12,13)(H,14,15). The Morgan fingerprint density at radius 1 is 1.37 bits per heavy atom. The second-order valence-corrected chi connectivity index (χ2v) is 5.98. The first-order chi connectivity index (χ1) is 8.73. The van der Waals surface area contributed by atoms with E-state index in [1.54, 1.807) is 0 Å². The van der Waals surface area contributed by atoms with Crippen LogP contribution in [0.1, 0.15) is 10.4 Å². The van der Waals surface area contributed by atoms with Crippen LogP contribution < -0.4 is 10.1 Å². The van der Waals surface area contributed by atoms with Crippen LogP contribution in [0.15, 0.2) is 18.2 Å². The van der Waals surface area contributed by atoms with Crippen molar-refractivity contribution in [2.24, 2.45) is 0 Å². The van der Waals surface area contributed by atoms with Crippen LogP contribution in [-0.4, -0.2) is 44.5 Å². The number of carboxylic acid groups (broad SMARTS) is 1. The zero-order valence-electron chi connectivity index (χ0n) is 10.3. The lowest BCUT2D eigenvalue weighted by atomic mass is 10.2. The van der Waals surface area contributed by atoms with E-state index in [1.807, 2.05) is 0 Å². The number of rotatable bonds is 5. The van der Waals surface area contributed by atoms with Gasteiger partial charge in [0.1, 0.15) is 11.5 Å². The number of amides is 1. The molecule has 0 saturated heterocycles. The Bertz CT molecular complexity index is 608. The molecule has 104 valence electrons. The van der Waals surface area contributed by atoms with E-state index in [0.29, 0.717) is 0 Å². The molecule has 1 amide bonds. The molecule has 19 heavy (non-hydrogen) atoms. The molecule has 0 unspecified atom stereocenters. The molecule has 1 aromatic carbocycles. The Labute approximate surface area is 110 Å². The van der Waals surface area contributed by atoms with Crippen molar-refractivity contribution in [1.82, 2.24) is 0 Å². The van der Waals surface area contributed by atoms with Crippen LogP contribution in [0.4, 0.5) is 5.69 Å². The Balaban J connectivity index is 3.01. The molecular weight excluding hydrogens is 274 g/mol. The van der Waals surface area contributed by atoms with Crippen LogP contribution in [0.5, 0.6) is 5.75 Å². The number of aromatic carboxylic acids is 1. The molecule has 0 aliphatic rings. The van der Waals surface area contributed by atoms with E-state index in [-0.39, 0.29) is 17.0 Å². The zero-order chi connectivity index (χ0) is 14.6. The highest BCUT2D eigenvalue weighted by Gasteiger charge is 2.15. The maximum Gasteiger partial charge on any atom is 0.335 e. The van der Waals surface area contributed by atoms with Crippen molar-refractivity contribution in [3.8, 4) is 5.75 Å². The normalized spacial score (nSPS) is 10.8. The molecule has 0 spiro atoms. The third-order valence-corrected chi connectivity index (χ3v) is 2.90. The first-order valence-corrected chi connectivity index (χ1v) is 7.18. The molecule has 2 N–H and O–H groups in total. The van der Waals surface area contributed by atoms with Crippen molar-refractivity contribution < 1.29 is 27.9 Å². The van der Waals surface area contributed by atoms with Crippen molar-refractivity contribution in [3.63, 3.8) is 0 Å². The lowest BCUT2D eigenvalue weighted by Crippen LogP contribution is -2.22. The van der Waals surface area contributed by atoms with Crippen LogP contribution >= 0.6 is 0 Å². The summed E-state index contributed by atoms with van der Waals surface area (Å²) in [6.07, 6.45) is 0.928. The van der Waals surface area contributed by atoms with Crippen LogP contribution in [0, 0.1) is 0 Å². The van der Waals surface area contributed by atoms with Gasteiger partial charge in [0.05, 0.1) is 18.4 Å². The summed E-state index contributed by atoms with van der Waals surface area (Å²) in [4.78, 5) is 22.3. The number of methoxy groups -OCH3 is 1. The molecule has 8 heteroatoms. The third kappa shape index (κ3) is 4.59. The second kappa shape index (κ2) is 5.70. The summed E-state index contributed by atoms with van der Waals surface area (Å²) in [6, 6.07) is 3.88. The monoisotopic (exact) mass is 287 g/mol. The molecule has 0 heterocycles. The smallest absolute Gasteiger partial charge is 0.335 e. The first kappa shape index (κ1) is 15.0. The van der Waals surface area contributed by atoms with E-state index in [4.69, 9.17) is 9.84 Å². The molecule has 0 aliphatic heterocycles. The number of carbonyl (C=O) groups is 2. The van der Waals surface area contributed by atoms with Gasteiger partial charge in [-0.05, 0) is 18.2 Å². The molecule has 0 aliphatic carbocycles. The predicted octanol–water partition coefficient (Wildman–Crippen LogP) is 0.376. The molecule has 0 aromatic heterocycles. The van der Waals surface area contributed by atoms with E-state index >= 15 is 0 Å². The number of ether oxygens (including phenoxy) is 1. The summed E-state index contributed by atoms with van der Waals surface area (Å²) in [7, 11) is -2.11. The summed E-state index contributed by atoms with van der Waals surface area (Å²) in [5, 5.41) is 11.2. The Hall–Kier alpha value is -2.09. The molecule has 0 saturated carbocycles. The number of carbonyl (C=O) groups excluding carboxylic acids is 1. The molecular formula is C11H13NO6S. The SMILES string of the molecule is COc1ccc(C(=O)O)cc1NC(=O)CS(C)(=O)=O. The van der Waals surface area contributed by atoms with Gasteiger partial charge in [0.15, 0.2) is 9.84 Å². The van der Waals surface area contributed by atoms with Crippen LogP contribution in [0.25, 0.3) is 0 Å². The van der Waals surface area contributed by atoms with Gasteiger partial charge in [-0.2, -0.15) is 0 Å². The minimum atomic E-state index is -3.46. The van der Waals surface area contributed by atoms with E-state index in [0.717, 1.165) is 6.26 Å². The fourth-order valence-electron chi connectivity index (χ4n) is 1.36. The lowest BCUT2D eigenvalue weighted by Gasteiger charge is -2.10. The second-order valence-electron chi connectivity index (χ2n) is 3.84. The van der Waals surface area contributed by atoms with Gasteiger partial charge in [0, 0.05) is 6.26 Å². The summed E-state index contributed by atoms with van der Waals surface area (Å²) in [5.74, 6) is -2.37. The fraction of sp³-hybridized carbons (Fsp3) is 0.273. The number of benzene rings is 1. The molecule has 7 nitrogen and oxygen atoms in total. The Kier molecular flexibility index (Phi) is 4.49. The minimum Gasteiger partial charge on any atom is -0.495 e. The van der Waals surface area contributed by atoms with Gasteiger partial charge in [-0.3, -0.25) is 4.79 Å². The van der Waals surface area contributed by atoms with Crippen molar-refractivity contribution in [3.05, 3.63) is 23.8 Å². The molecule has 0 atom stereocenters. The number of anilines is 1. The molecule has 0 radical (unpaired) electrons. The zero-order valence-corrected chi connectivity index (χ0v) is 11.2. The number of nitrogens with one attached hydrogen (secondary N) is 1. The Morgan fingerprint density at radius 2 is 2.00 bits per heavy atom. The van der Waals surface area contributed by atoms with Crippen molar-refractivity contribution in [2.45, 2.75) is 0 Å².